The lowest BCUT2D eigenvalue weighted by molar-refractivity contribution is -0.105. The predicted octanol–water partition coefficient (Wildman–Crippen LogP) is 4.78. The monoisotopic (exact) mass is 447 g/mol. The molecule has 1 aliphatic rings. The van der Waals surface area contributed by atoms with E-state index in [9.17, 15) is 18.9 Å². The molecular weight excluding hydrogens is 417 g/mol. The molecule has 0 radical (unpaired) electrons. The summed E-state index contributed by atoms with van der Waals surface area (Å²) in [6.45, 7) is 8.59. The van der Waals surface area contributed by atoms with Crippen molar-refractivity contribution >= 4 is 24.2 Å². The molecule has 2 amide bonds. The number of aromatic nitrogens is 1. The van der Waals surface area contributed by atoms with Gasteiger partial charge in [0.05, 0.1) is 11.9 Å². The molecule has 2 aromatic rings. The highest BCUT2D eigenvalue weighted by Crippen LogP contribution is 2.19. The molecule has 1 atom stereocenters. The van der Waals surface area contributed by atoms with Crippen molar-refractivity contribution in [1.29, 1.82) is 0 Å². The number of pyridine rings is 1. The molecule has 1 aromatic carbocycles. The lowest BCUT2D eigenvalue weighted by Gasteiger charge is -2.26. The summed E-state index contributed by atoms with van der Waals surface area (Å²) >= 11 is 0. The first-order chi connectivity index (χ1) is 15.2. The Morgan fingerprint density at radius 3 is 2.12 bits per heavy atom. The SMILES string of the molecule is CC1CCCN1C(=O)OC(C)(C)C.O=CNc1ccc(C(=O)OF)nc1.c1ccccc1. The number of rotatable bonds is 3. The first-order valence-corrected chi connectivity index (χ1v) is 10.2. The Morgan fingerprint density at radius 1 is 1.16 bits per heavy atom. The van der Waals surface area contributed by atoms with Crippen LogP contribution >= 0.6 is 0 Å². The zero-order valence-corrected chi connectivity index (χ0v) is 18.8. The number of hydrogen-bond acceptors (Lipinski definition) is 6. The van der Waals surface area contributed by atoms with E-state index in [0.717, 1.165) is 19.4 Å². The summed E-state index contributed by atoms with van der Waals surface area (Å²) in [5, 5.41) is 2.30. The van der Waals surface area contributed by atoms with Crippen molar-refractivity contribution in [2.75, 3.05) is 11.9 Å². The van der Waals surface area contributed by atoms with Crippen LogP contribution in [0.15, 0.2) is 54.7 Å². The molecule has 1 fully saturated rings. The normalized spacial score (nSPS) is 14.7. The fraction of sp³-hybridized carbons (Fsp3) is 0.391. The fourth-order valence-electron chi connectivity index (χ4n) is 2.62. The number of likely N-dealkylation sites (tertiary alicyclic amines) is 1. The standard InChI is InChI=1S/C10H19NO2.C7H5FN2O3.C6H6/c1-8-6-5-7-11(8)9(12)13-10(2,3)4;8-13-7(12)6-2-1-5(3-9-6)10-4-11;1-2-4-6-5-3-1/h8H,5-7H2,1-4H3;1-4H,(H,10,11);1-6H. The number of carbonyl (C=O) groups excluding carboxylic acids is 3. The maximum absolute atomic E-state index is 11.6. The van der Waals surface area contributed by atoms with Gasteiger partial charge in [0.2, 0.25) is 6.41 Å². The molecule has 1 N–H and O–H groups in total. The van der Waals surface area contributed by atoms with Crippen molar-refractivity contribution in [3.05, 3.63) is 60.4 Å². The number of anilines is 1. The molecule has 8 nitrogen and oxygen atoms in total. The topological polar surface area (TPSA) is 97.8 Å². The van der Waals surface area contributed by atoms with Gasteiger partial charge in [0, 0.05) is 17.1 Å². The molecule has 1 unspecified atom stereocenters. The largest absolute Gasteiger partial charge is 0.444 e. The lowest BCUT2D eigenvalue weighted by atomic mass is 10.2. The minimum absolute atomic E-state index is 0.168. The van der Waals surface area contributed by atoms with E-state index in [1.165, 1.54) is 18.3 Å². The number of nitrogens with one attached hydrogen (secondary N) is 1. The van der Waals surface area contributed by atoms with Crippen LogP contribution in [0.3, 0.4) is 0 Å². The molecule has 1 aliphatic heterocycles. The van der Waals surface area contributed by atoms with Gasteiger partial charge < -0.3 is 15.0 Å². The van der Waals surface area contributed by atoms with Gasteiger partial charge in [-0.25, -0.2) is 19.5 Å². The Kier molecular flexibility index (Phi) is 11.4. The van der Waals surface area contributed by atoms with E-state index in [1.807, 2.05) is 62.1 Å². The summed E-state index contributed by atoms with van der Waals surface area (Å²) in [6, 6.07) is 15.0. The maximum Gasteiger partial charge on any atom is 0.410 e. The number of amides is 2. The zero-order chi connectivity index (χ0) is 24.0. The van der Waals surface area contributed by atoms with Crippen molar-refractivity contribution in [3.8, 4) is 0 Å². The van der Waals surface area contributed by atoms with E-state index in [-0.39, 0.29) is 17.4 Å². The Morgan fingerprint density at radius 2 is 1.75 bits per heavy atom. The van der Waals surface area contributed by atoms with Crippen LogP contribution < -0.4 is 5.32 Å². The summed E-state index contributed by atoms with van der Waals surface area (Å²) in [6.07, 6.45) is 3.70. The molecule has 1 saturated heterocycles. The van der Waals surface area contributed by atoms with Crippen LogP contribution in [0.4, 0.5) is 15.0 Å². The summed E-state index contributed by atoms with van der Waals surface area (Å²) in [5.74, 6) is -1.17. The molecule has 1 aromatic heterocycles. The molecule has 0 aliphatic carbocycles. The third-order valence-electron chi connectivity index (χ3n) is 4.12. The average molecular weight is 448 g/mol. The van der Waals surface area contributed by atoms with Gasteiger partial charge in [-0.3, -0.25) is 4.79 Å². The lowest BCUT2D eigenvalue weighted by Crippen LogP contribution is -2.38. The summed E-state index contributed by atoms with van der Waals surface area (Å²) in [4.78, 5) is 40.4. The molecule has 32 heavy (non-hydrogen) atoms. The predicted molar refractivity (Wildman–Crippen MR) is 119 cm³/mol. The Bertz CT molecular complexity index is 799. The quantitative estimate of drug-likeness (QED) is 0.680. The van der Waals surface area contributed by atoms with Crippen molar-refractivity contribution in [1.82, 2.24) is 9.88 Å². The fourth-order valence-corrected chi connectivity index (χ4v) is 2.62. The van der Waals surface area contributed by atoms with Gasteiger partial charge in [-0.1, -0.05) is 36.4 Å². The van der Waals surface area contributed by atoms with E-state index in [2.05, 4.69) is 22.2 Å². The number of halogens is 1. The third-order valence-corrected chi connectivity index (χ3v) is 4.12. The molecule has 174 valence electrons. The van der Waals surface area contributed by atoms with Gasteiger partial charge in [0.1, 0.15) is 5.60 Å². The number of ether oxygens (including phenoxy) is 1. The van der Waals surface area contributed by atoms with Crippen molar-refractivity contribution in [2.24, 2.45) is 0 Å². The molecule has 0 spiro atoms. The molecule has 3 rings (SSSR count). The van der Waals surface area contributed by atoms with E-state index in [0.29, 0.717) is 18.1 Å². The van der Waals surface area contributed by atoms with Gasteiger partial charge in [-0.2, -0.15) is 0 Å². The molecule has 9 heteroatoms. The smallest absolute Gasteiger partial charge is 0.410 e. The van der Waals surface area contributed by atoms with E-state index >= 15 is 0 Å². The maximum atomic E-state index is 11.6. The van der Waals surface area contributed by atoms with Crippen molar-refractivity contribution in [2.45, 2.75) is 52.2 Å². The molecule has 2 heterocycles. The zero-order valence-electron chi connectivity index (χ0n) is 18.8. The van der Waals surface area contributed by atoms with Crippen LogP contribution in [-0.4, -0.2) is 46.5 Å². The Labute approximate surface area is 187 Å². The second kappa shape index (κ2) is 13.7. The number of hydrogen-bond donors (Lipinski definition) is 1. The van der Waals surface area contributed by atoms with E-state index < -0.39 is 5.97 Å². The highest BCUT2D eigenvalue weighted by atomic mass is 19.3. The second-order valence-electron chi connectivity index (χ2n) is 7.88. The van der Waals surface area contributed by atoms with Gasteiger partial charge >= 0.3 is 12.1 Å². The van der Waals surface area contributed by atoms with E-state index in [4.69, 9.17) is 4.74 Å². The Balaban J connectivity index is 0.000000256. The molecule has 0 bridgehead atoms. The Hall–Kier alpha value is -3.49. The third kappa shape index (κ3) is 10.5. The van der Waals surface area contributed by atoms with Gasteiger partial charge in [-0.15, -0.1) is 0 Å². The summed E-state index contributed by atoms with van der Waals surface area (Å²) < 4.78 is 16.6. The first kappa shape index (κ1) is 26.5. The van der Waals surface area contributed by atoms with Crippen molar-refractivity contribution in [3.63, 3.8) is 0 Å². The van der Waals surface area contributed by atoms with Crippen LogP contribution in [0.5, 0.6) is 0 Å². The average Bonchev–Trinajstić information content (AvgIpc) is 3.21. The van der Waals surface area contributed by atoms with Crippen LogP contribution in [0.1, 0.15) is 51.0 Å². The van der Waals surface area contributed by atoms with E-state index in [1.54, 1.807) is 0 Å². The molecule has 0 saturated carbocycles. The van der Waals surface area contributed by atoms with Crippen LogP contribution in [0.2, 0.25) is 0 Å². The summed E-state index contributed by atoms with van der Waals surface area (Å²) in [5.41, 5.74) is -0.135. The summed E-state index contributed by atoms with van der Waals surface area (Å²) in [7, 11) is 0. The molecular formula is C23H30FN3O5. The van der Waals surface area contributed by atoms with Gasteiger partial charge in [0.15, 0.2) is 5.69 Å². The number of carbonyl (C=O) groups is 3. The van der Waals surface area contributed by atoms with Crippen LogP contribution in [0, 0.1) is 0 Å². The van der Waals surface area contributed by atoms with Crippen LogP contribution in [0.25, 0.3) is 0 Å². The van der Waals surface area contributed by atoms with Crippen molar-refractivity contribution < 1.29 is 28.6 Å². The second-order valence-corrected chi connectivity index (χ2v) is 7.88. The van der Waals surface area contributed by atoms with Gasteiger partial charge in [0.25, 0.3) is 0 Å². The highest BCUT2D eigenvalue weighted by molar-refractivity contribution is 5.87. The minimum Gasteiger partial charge on any atom is -0.444 e. The highest BCUT2D eigenvalue weighted by Gasteiger charge is 2.29. The number of benzene rings is 1. The number of nitrogens with zero attached hydrogens (tertiary/aromatic N) is 2. The first-order valence-electron chi connectivity index (χ1n) is 10.2. The van der Waals surface area contributed by atoms with Crippen LogP contribution in [-0.2, 0) is 14.5 Å². The minimum atomic E-state index is -1.17. The van der Waals surface area contributed by atoms with Gasteiger partial charge in [-0.05, 0) is 52.7 Å².